The van der Waals surface area contributed by atoms with Gasteiger partial charge in [0.15, 0.2) is 0 Å². The van der Waals surface area contributed by atoms with Crippen LogP contribution in [0.2, 0.25) is 0 Å². The van der Waals surface area contributed by atoms with Crippen molar-refractivity contribution in [2.24, 2.45) is 5.92 Å². The number of rotatable bonds is 7. The molecule has 21 heavy (non-hydrogen) atoms. The standard InChI is InChI=1S/C14H24N4O3/c1-3-9(4-2)11(19)8-16-13(20)12-17-14(21-18-12)10-6-5-7-15-10/h9-11,15,19H,3-8H2,1-2H3,(H,16,20). The SMILES string of the molecule is CCC(CC)C(O)CNC(=O)c1noc(C2CCCN2)n1. The van der Waals surface area contributed by atoms with Gasteiger partial charge in [-0.25, -0.2) is 0 Å². The number of carbonyl (C=O) groups is 1. The molecule has 118 valence electrons. The average molecular weight is 296 g/mol. The van der Waals surface area contributed by atoms with Crippen LogP contribution in [0.15, 0.2) is 4.52 Å². The Hall–Kier alpha value is -1.47. The van der Waals surface area contributed by atoms with Crippen molar-refractivity contribution in [1.29, 1.82) is 0 Å². The number of nitrogens with zero attached hydrogens (tertiary/aromatic N) is 2. The minimum Gasteiger partial charge on any atom is -0.391 e. The fourth-order valence-corrected chi connectivity index (χ4v) is 2.64. The molecule has 1 fully saturated rings. The quantitative estimate of drug-likeness (QED) is 0.694. The van der Waals surface area contributed by atoms with Crippen LogP contribution in [0.5, 0.6) is 0 Å². The van der Waals surface area contributed by atoms with E-state index >= 15 is 0 Å². The molecule has 2 unspecified atom stereocenters. The first-order chi connectivity index (χ1) is 10.2. The van der Waals surface area contributed by atoms with Gasteiger partial charge in [0.1, 0.15) is 0 Å². The minimum absolute atomic E-state index is 0.0236. The number of hydrogen-bond donors (Lipinski definition) is 3. The zero-order valence-corrected chi connectivity index (χ0v) is 12.6. The van der Waals surface area contributed by atoms with Crippen molar-refractivity contribution < 1.29 is 14.4 Å². The predicted octanol–water partition coefficient (Wildman–Crippen LogP) is 1.02. The molecule has 1 aromatic rings. The second-order valence-corrected chi connectivity index (χ2v) is 5.46. The monoisotopic (exact) mass is 296 g/mol. The maximum Gasteiger partial charge on any atom is 0.292 e. The summed E-state index contributed by atoms with van der Waals surface area (Å²) in [5, 5.41) is 19.6. The molecular formula is C14H24N4O3. The van der Waals surface area contributed by atoms with Crippen LogP contribution in [0.3, 0.4) is 0 Å². The molecular weight excluding hydrogens is 272 g/mol. The van der Waals surface area contributed by atoms with Crippen LogP contribution < -0.4 is 10.6 Å². The first-order valence-electron chi connectivity index (χ1n) is 7.68. The molecule has 7 nitrogen and oxygen atoms in total. The van der Waals surface area contributed by atoms with E-state index in [9.17, 15) is 9.90 Å². The van der Waals surface area contributed by atoms with E-state index in [0.29, 0.717) is 5.89 Å². The lowest BCUT2D eigenvalue weighted by Crippen LogP contribution is -2.36. The van der Waals surface area contributed by atoms with Crippen molar-refractivity contribution >= 4 is 5.91 Å². The first kappa shape index (κ1) is 15.9. The lowest BCUT2D eigenvalue weighted by atomic mass is 9.96. The summed E-state index contributed by atoms with van der Waals surface area (Å²) in [5.41, 5.74) is 0. The molecule has 7 heteroatoms. The van der Waals surface area contributed by atoms with Crippen LogP contribution in [0.4, 0.5) is 0 Å². The first-order valence-corrected chi connectivity index (χ1v) is 7.68. The summed E-state index contributed by atoms with van der Waals surface area (Å²) in [6.07, 6.45) is 3.22. The Morgan fingerprint density at radius 2 is 2.29 bits per heavy atom. The maximum atomic E-state index is 11.9. The van der Waals surface area contributed by atoms with Gasteiger partial charge >= 0.3 is 0 Å². The number of amides is 1. The highest BCUT2D eigenvalue weighted by molar-refractivity contribution is 5.90. The van der Waals surface area contributed by atoms with Gasteiger partial charge in [0.2, 0.25) is 5.89 Å². The minimum atomic E-state index is -0.549. The normalized spacial score (nSPS) is 19.9. The number of hydrogen-bond acceptors (Lipinski definition) is 6. The zero-order valence-electron chi connectivity index (χ0n) is 12.6. The summed E-state index contributed by atoms with van der Waals surface area (Å²) < 4.78 is 5.12. The van der Waals surface area contributed by atoms with Gasteiger partial charge in [-0.15, -0.1) is 0 Å². The van der Waals surface area contributed by atoms with E-state index in [4.69, 9.17) is 4.52 Å². The van der Waals surface area contributed by atoms with Crippen LogP contribution in [-0.2, 0) is 0 Å². The maximum absolute atomic E-state index is 11.9. The topological polar surface area (TPSA) is 100 Å². The van der Waals surface area contributed by atoms with Crippen LogP contribution in [0.1, 0.15) is 62.1 Å². The molecule has 1 saturated heterocycles. The van der Waals surface area contributed by atoms with E-state index in [1.165, 1.54) is 0 Å². The van der Waals surface area contributed by atoms with Gasteiger partial charge in [-0.3, -0.25) is 4.79 Å². The lowest BCUT2D eigenvalue weighted by molar-refractivity contribution is 0.0807. The number of nitrogens with one attached hydrogen (secondary N) is 2. The number of aliphatic hydroxyl groups is 1. The molecule has 2 rings (SSSR count). The fraction of sp³-hybridized carbons (Fsp3) is 0.786. The number of aliphatic hydroxyl groups excluding tert-OH is 1. The molecule has 0 aliphatic carbocycles. The highest BCUT2D eigenvalue weighted by Crippen LogP contribution is 2.21. The van der Waals surface area contributed by atoms with Gasteiger partial charge in [-0.2, -0.15) is 4.98 Å². The van der Waals surface area contributed by atoms with Gasteiger partial charge < -0.3 is 20.3 Å². The second kappa shape index (κ2) is 7.51. The Morgan fingerprint density at radius 1 is 1.52 bits per heavy atom. The third kappa shape index (κ3) is 4.01. The van der Waals surface area contributed by atoms with Crippen LogP contribution in [0, 0.1) is 5.92 Å². The summed E-state index contributed by atoms with van der Waals surface area (Å²) >= 11 is 0. The van der Waals surface area contributed by atoms with Crippen LogP contribution >= 0.6 is 0 Å². The molecule has 0 bridgehead atoms. The third-order valence-corrected chi connectivity index (χ3v) is 4.07. The van der Waals surface area contributed by atoms with Crippen molar-refractivity contribution in [1.82, 2.24) is 20.8 Å². The average Bonchev–Trinajstić information content (AvgIpc) is 3.16. The Kier molecular flexibility index (Phi) is 5.69. The van der Waals surface area contributed by atoms with E-state index < -0.39 is 12.0 Å². The Bertz CT molecular complexity index is 453. The van der Waals surface area contributed by atoms with Crippen molar-refractivity contribution in [2.75, 3.05) is 13.1 Å². The van der Waals surface area contributed by atoms with Crippen molar-refractivity contribution in [3.8, 4) is 0 Å². The number of carbonyl (C=O) groups excluding carboxylic acids is 1. The third-order valence-electron chi connectivity index (χ3n) is 4.07. The second-order valence-electron chi connectivity index (χ2n) is 5.46. The highest BCUT2D eigenvalue weighted by atomic mass is 16.5. The smallest absolute Gasteiger partial charge is 0.292 e. The van der Waals surface area contributed by atoms with Gasteiger partial charge in [-0.05, 0) is 25.3 Å². The van der Waals surface area contributed by atoms with Crippen molar-refractivity contribution in [3.63, 3.8) is 0 Å². The summed E-state index contributed by atoms with van der Waals surface area (Å²) in [5.74, 6) is 0.260. The molecule has 1 aromatic heterocycles. The van der Waals surface area contributed by atoms with Gasteiger partial charge in [0, 0.05) is 6.54 Å². The van der Waals surface area contributed by atoms with Crippen LogP contribution in [-0.4, -0.2) is 40.3 Å². The zero-order chi connectivity index (χ0) is 15.2. The lowest BCUT2D eigenvalue weighted by Gasteiger charge is -2.19. The molecule has 0 aromatic carbocycles. The van der Waals surface area contributed by atoms with Gasteiger partial charge in [0.25, 0.3) is 11.7 Å². The summed E-state index contributed by atoms with van der Waals surface area (Å²) in [6, 6.07) is 0.0502. The van der Waals surface area contributed by atoms with E-state index in [1.807, 2.05) is 13.8 Å². The molecule has 2 atom stereocenters. The summed E-state index contributed by atoms with van der Waals surface area (Å²) in [6.45, 7) is 5.19. The largest absolute Gasteiger partial charge is 0.391 e. The van der Waals surface area contributed by atoms with Gasteiger partial charge in [0.05, 0.1) is 12.1 Å². The predicted molar refractivity (Wildman–Crippen MR) is 76.7 cm³/mol. The van der Waals surface area contributed by atoms with Gasteiger partial charge in [-0.1, -0.05) is 31.8 Å². The molecule has 0 radical (unpaired) electrons. The van der Waals surface area contributed by atoms with Crippen LogP contribution in [0.25, 0.3) is 0 Å². The molecule has 0 spiro atoms. The number of aromatic nitrogens is 2. The van der Waals surface area contributed by atoms with E-state index in [-0.39, 0.29) is 24.3 Å². The molecule has 1 amide bonds. The highest BCUT2D eigenvalue weighted by Gasteiger charge is 2.24. The fourth-order valence-electron chi connectivity index (χ4n) is 2.64. The molecule has 2 heterocycles. The van der Waals surface area contributed by atoms with E-state index in [0.717, 1.165) is 32.2 Å². The molecule has 0 saturated carbocycles. The van der Waals surface area contributed by atoms with E-state index in [1.54, 1.807) is 0 Å². The Balaban J connectivity index is 1.85. The molecule has 1 aliphatic rings. The van der Waals surface area contributed by atoms with Crippen molar-refractivity contribution in [2.45, 2.75) is 51.7 Å². The molecule has 3 N–H and O–H groups in total. The van der Waals surface area contributed by atoms with Crippen molar-refractivity contribution in [3.05, 3.63) is 11.7 Å². The molecule has 1 aliphatic heterocycles. The Labute approximate surface area is 124 Å². The summed E-state index contributed by atoms with van der Waals surface area (Å²) in [7, 11) is 0. The van der Waals surface area contributed by atoms with E-state index in [2.05, 4.69) is 20.8 Å². The Morgan fingerprint density at radius 3 is 2.90 bits per heavy atom. The summed E-state index contributed by atoms with van der Waals surface area (Å²) in [4.78, 5) is 16.1.